The number of hydrogen-bond donors (Lipinski definition) is 0. The van der Waals surface area contributed by atoms with E-state index in [4.69, 9.17) is 0 Å². The first-order valence-corrected chi connectivity index (χ1v) is 5.75. The Morgan fingerprint density at radius 1 is 1.44 bits per heavy atom. The summed E-state index contributed by atoms with van der Waals surface area (Å²) in [5.74, 6) is 0.930. The molecule has 0 amide bonds. The second-order valence-electron chi connectivity index (χ2n) is 3.15. The molecule has 16 heavy (non-hydrogen) atoms. The fourth-order valence-electron chi connectivity index (χ4n) is 1.31. The normalized spacial score (nSPS) is 10.8. The van der Waals surface area contributed by atoms with Gasteiger partial charge in [0.05, 0.1) is 4.92 Å². The van der Waals surface area contributed by atoms with E-state index in [0.717, 1.165) is 17.1 Å². The van der Waals surface area contributed by atoms with Crippen molar-refractivity contribution >= 4 is 28.5 Å². The predicted octanol–water partition coefficient (Wildman–Crippen LogP) is 2.63. The third-order valence-electron chi connectivity index (χ3n) is 2.02. The van der Waals surface area contributed by atoms with Crippen molar-refractivity contribution in [3.8, 4) is 0 Å². The average molecular weight is 239 g/mol. The molecule has 0 aliphatic heterocycles. The van der Waals surface area contributed by atoms with Gasteiger partial charge in [0.15, 0.2) is 5.52 Å². The van der Waals surface area contributed by atoms with Crippen LogP contribution in [0.5, 0.6) is 0 Å². The molecule has 1 aromatic carbocycles. The molecule has 0 N–H and O–H groups in total. The Morgan fingerprint density at radius 3 is 2.88 bits per heavy atom. The van der Waals surface area contributed by atoms with Crippen LogP contribution in [0.1, 0.15) is 13.3 Å². The highest BCUT2D eigenvalue weighted by molar-refractivity contribution is 7.99. The summed E-state index contributed by atoms with van der Waals surface area (Å²) < 4.78 is 4.56. The zero-order valence-electron chi connectivity index (χ0n) is 8.54. The summed E-state index contributed by atoms with van der Waals surface area (Å²) in [6, 6.07) is 3.12. The van der Waals surface area contributed by atoms with Gasteiger partial charge in [0, 0.05) is 11.0 Å². The van der Waals surface area contributed by atoms with E-state index in [9.17, 15) is 10.1 Å². The number of aromatic nitrogens is 2. The molecule has 6 nitrogen and oxygen atoms in total. The summed E-state index contributed by atoms with van der Waals surface area (Å²) >= 11 is 1.59. The topological polar surface area (TPSA) is 82.1 Å². The highest BCUT2D eigenvalue weighted by atomic mass is 32.2. The van der Waals surface area contributed by atoms with E-state index in [0.29, 0.717) is 5.52 Å². The predicted molar refractivity (Wildman–Crippen MR) is 59.5 cm³/mol. The molecule has 2 aromatic rings. The van der Waals surface area contributed by atoms with Crippen LogP contribution in [0.2, 0.25) is 0 Å². The molecule has 0 radical (unpaired) electrons. The van der Waals surface area contributed by atoms with Crippen molar-refractivity contribution < 1.29 is 9.55 Å². The maximum absolute atomic E-state index is 10.7. The summed E-state index contributed by atoms with van der Waals surface area (Å²) in [4.78, 5) is 11.1. The smallest absolute Gasteiger partial charge is 0.258 e. The maximum Gasteiger partial charge on any atom is 0.300 e. The molecule has 1 heterocycles. The molecule has 7 heteroatoms. The van der Waals surface area contributed by atoms with Gasteiger partial charge in [0.25, 0.3) is 0 Å². The first-order valence-electron chi connectivity index (χ1n) is 4.76. The quantitative estimate of drug-likeness (QED) is 0.463. The number of nitro groups is 1. The molecule has 0 fully saturated rings. The fraction of sp³-hybridized carbons (Fsp3) is 0.333. The second kappa shape index (κ2) is 4.48. The van der Waals surface area contributed by atoms with Crippen molar-refractivity contribution in [1.82, 2.24) is 10.3 Å². The first kappa shape index (κ1) is 10.9. The lowest BCUT2D eigenvalue weighted by molar-refractivity contribution is -0.383. The second-order valence-corrected chi connectivity index (χ2v) is 4.29. The van der Waals surface area contributed by atoms with Crippen molar-refractivity contribution in [1.29, 1.82) is 0 Å². The summed E-state index contributed by atoms with van der Waals surface area (Å²) in [7, 11) is 0. The number of thioether (sulfide) groups is 1. The molecule has 0 saturated heterocycles. The maximum atomic E-state index is 10.7. The standard InChI is InChI=1S/C9H9N3O3S/c1-2-5-16-7-4-3-6(12(13)14)8-9(7)11-15-10-8/h3-4H,2,5H2,1H3. The van der Waals surface area contributed by atoms with E-state index in [1.807, 2.05) is 0 Å². The van der Waals surface area contributed by atoms with Crippen molar-refractivity contribution in [3.05, 3.63) is 22.2 Å². The Morgan fingerprint density at radius 2 is 2.19 bits per heavy atom. The van der Waals surface area contributed by atoms with E-state index in [1.54, 1.807) is 17.8 Å². The molecule has 2 rings (SSSR count). The molecule has 1 aromatic heterocycles. The number of rotatable bonds is 4. The number of hydrogen-bond acceptors (Lipinski definition) is 6. The Hall–Kier alpha value is -1.63. The van der Waals surface area contributed by atoms with Crippen LogP contribution < -0.4 is 0 Å². The Balaban J connectivity index is 2.50. The van der Waals surface area contributed by atoms with Crippen LogP contribution in [0.3, 0.4) is 0 Å². The van der Waals surface area contributed by atoms with Gasteiger partial charge in [0.2, 0.25) is 5.52 Å². The van der Waals surface area contributed by atoms with Crippen LogP contribution >= 0.6 is 11.8 Å². The van der Waals surface area contributed by atoms with Crippen LogP contribution in [0, 0.1) is 10.1 Å². The van der Waals surface area contributed by atoms with Crippen LogP contribution in [0.4, 0.5) is 5.69 Å². The number of nitro benzene ring substituents is 1. The van der Waals surface area contributed by atoms with Crippen LogP contribution in [0.25, 0.3) is 11.0 Å². The number of nitrogens with zero attached hydrogens (tertiary/aromatic N) is 3. The lowest BCUT2D eigenvalue weighted by Crippen LogP contribution is -1.90. The van der Waals surface area contributed by atoms with E-state index in [1.165, 1.54) is 6.07 Å². The molecule has 0 unspecified atom stereocenters. The van der Waals surface area contributed by atoms with Gasteiger partial charge in [0.1, 0.15) is 0 Å². The SMILES string of the molecule is CCCSc1ccc([N+](=O)[O-])c2nonc12. The summed E-state index contributed by atoms with van der Waals surface area (Å²) in [6.07, 6.45) is 1.02. The van der Waals surface area contributed by atoms with Gasteiger partial charge >= 0.3 is 5.69 Å². The molecule has 0 aliphatic rings. The molecule has 0 saturated carbocycles. The van der Waals surface area contributed by atoms with Crippen LogP contribution in [0.15, 0.2) is 21.7 Å². The monoisotopic (exact) mass is 239 g/mol. The van der Waals surface area contributed by atoms with Gasteiger partial charge in [-0.3, -0.25) is 10.1 Å². The minimum Gasteiger partial charge on any atom is -0.258 e. The van der Waals surface area contributed by atoms with Gasteiger partial charge in [-0.1, -0.05) is 6.92 Å². The highest BCUT2D eigenvalue weighted by Crippen LogP contribution is 2.31. The average Bonchev–Trinajstić information content (AvgIpc) is 2.74. The molecular formula is C9H9N3O3S. The van der Waals surface area contributed by atoms with E-state index in [-0.39, 0.29) is 11.2 Å². The molecule has 84 valence electrons. The van der Waals surface area contributed by atoms with Gasteiger partial charge in [-0.15, -0.1) is 11.8 Å². The van der Waals surface area contributed by atoms with Gasteiger partial charge in [-0.05, 0) is 28.6 Å². The van der Waals surface area contributed by atoms with Crippen molar-refractivity contribution in [3.63, 3.8) is 0 Å². The van der Waals surface area contributed by atoms with Crippen LogP contribution in [-0.2, 0) is 0 Å². The number of non-ortho nitro benzene ring substituents is 1. The van der Waals surface area contributed by atoms with E-state index in [2.05, 4.69) is 21.9 Å². The molecule has 0 aliphatic carbocycles. The minimum absolute atomic E-state index is 0.0721. The van der Waals surface area contributed by atoms with Gasteiger partial charge in [-0.2, -0.15) is 0 Å². The van der Waals surface area contributed by atoms with Crippen molar-refractivity contribution in [2.75, 3.05) is 5.75 Å². The number of fused-ring (bicyclic) bond motifs is 1. The first-order chi connectivity index (χ1) is 7.74. The third kappa shape index (κ3) is 1.85. The number of benzene rings is 1. The van der Waals surface area contributed by atoms with Crippen molar-refractivity contribution in [2.24, 2.45) is 0 Å². The highest BCUT2D eigenvalue weighted by Gasteiger charge is 2.19. The zero-order chi connectivity index (χ0) is 11.5. The summed E-state index contributed by atoms with van der Waals surface area (Å²) in [5, 5.41) is 18.0. The summed E-state index contributed by atoms with van der Waals surface area (Å²) in [6.45, 7) is 2.07. The van der Waals surface area contributed by atoms with E-state index >= 15 is 0 Å². The molecule has 0 spiro atoms. The van der Waals surface area contributed by atoms with Crippen molar-refractivity contribution in [2.45, 2.75) is 18.2 Å². The minimum atomic E-state index is -0.485. The van der Waals surface area contributed by atoms with Crippen LogP contribution in [-0.4, -0.2) is 21.0 Å². The Bertz CT molecular complexity index is 526. The largest absolute Gasteiger partial charge is 0.300 e. The zero-order valence-corrected chi connectivity index (χ0v) is 9.36. The lowest BCUT2D eigenvalue weighted by Gasteiger charge is -1.99. The Labute approximate surface area is 95.1 Å². The molecule has 0 atom stereocenters. The Kier molecular flexibility index (Phi) is 3.04. The summed E-state index contributed by atoms with van der Waals surface area (Å²) in [5.41, 5.74) is 0.607. The molecule has 0 bridgehead atoms. The van der Waals surface area contributed by atoms with Gasteiger partial charge < -0.3 is 0 Å². The fourth-order valence-corrected chi connectivity index (χ4v) is 2.17. The third-order valence-corrected chi connectivity index (χ3v) is 3.27. The molecular weight excluding hydrogens is 230 g/mol. The lowest BCUT2D eigenvalue weighted by atomic mass is 10.3. The van der Waals surface area contributed by atoms with Gasteiger partial charge in [-0.25, -0.2) is 4.63 Å². The van der Waals surface area contributed by atoms with E-state index < -0.39 is 4.92 Å².